The standard InChI is InChI=1S/C47H58ClN7O5/c1-29-30(25-40(57)42-49-37-27-55(23-16-39(37)52(42)2)31-11-13-32(56)14-12-31)7-5-8-33(29)34-9-6-10-35(41(34)48)51-44(58)43-50-36-26-54(22-15-38(36)53(43)3)24-21-46-17-19-47(28-46,20-18-46)45(59)60-4/h5-10,31-32,56H,11-28H2,1-4H3,(H,51,58). The highest BCUT2D eigenvalue weighted by Crippen LogP contribution is 2.63. The summed E-state index contributed by atoms with van der Waals surface area (Å²) in [5.41, 5.74) is 8.09. The normalized spacial score (nSPS) is 25.2. The molecule has 5 aliphatic rings. The third kappa shape index (κ3) is 7.41. The third-order valence-corrected chi connectivity index (χ3v) is 15.6. The van der Waals surface area contributed by atoms with E-state index in [1.54, 1.807) is 6.07 Å². The fraction of sp³-hybridized carbons (Fsp3) is 0.553. The highest BCUT2D eigenvalue weighted by Gasteiger charge is 2.58. The van der Waals surface area contributed by atoms with E-state index in [0.29, 0.717) is 34.9 Å². The molecule has 0 radical (unpaired) electrons. The molecule has 2 N–H and O–H groups in total. The van der Waals surface area contributed by atoms with Crippen LogP contribution in [0.1, 0.15) is 119 Å². The molecule has 9 rings (SSSR count). The topological polar surface area (TPSA) is 135 Å². The van der Waals surface area contributed by atoms with E-state index in [1.165, 1.54) is 7.11 Å². The number of aromatic nitrogens is 4. The number of amides is 1. The van der Waals surface area contributed by atoms with Crippen LogP contribution in [0.25, 0.3) is 11.1 Å². The second kappa shape index (κ2) is 16.2. The lowest BCUT2D eigenvalue weighted by atomic mass is 9.80. The van der Waals surface area contributed by atoms with Crippen LogP contribution in [0.3, 0.4) is 0 Å². The van der Waals surface area contributed by atoms with Crippen LogP contribution in [0, 0.1) is 17.8 Å². The summed E-state index contributed by atoms with van der Waals surface area (Å²) < 4.78 is 9.08. The van der Waals surface area contributed by atoms with Crippen LogP contribution in [0.5, 0.6) is 0 Å². The Balaban J connectivity index is 0.854. The number of methoxy groups -OCH3 is 1. The van der Waals surface area contributed by atoms with Gasteiger partial charge in [-0.05, 0) is 106 Å². The van der Waals surface area contributed by atoms with Crippen molar-refractivity contribution < 1.29 is 24.2 Å². The number of aliphatic hydroxyl groups is 1. The Morgan fingerprint density at radius 1 is 0.883 bits per heavy atom. The molecule has 13 heteroatoms. The maximum Gasteiger partial charge on any atom is 0.311 e. The van der Waals surface area contributed by atoms with E-state index in [0.717, 1.165) is 148 Å². The first kappa shape index (κ1) is 41.0. The van der Waals surface area contributed by atoms with Crippen LogP contribution in [-0.4, -0.2) is 90.6 Å². The van der Waals surface area contributed by atoms with Crippen molar-refractivity contribution in [2.24, 2.45) is 24.9 Å². The number of imidazole rings is 2. The number of rotatable bonds is 11. The monoisotopic (exact) mass is 835 g/mol. The molecular formula is C47H58ClN7O5. The third-order valence-electron chi connectivity index (χ3n) is 15.1. The molecule has 2 aromatic carbocycles. The van der Waals surface area contributed by atoms with Gasteiger partial charge >= 0.3 is 5.97 Å². The zero-order valence-corrected chi connectivity index (χ0v) is 36.2. The number of nitrogens with one attached hydrogen (secondary N) is 1. The largest absolute Gasteiger partial charge is 0.469 e. The summed E-state index contributed by atoms with van der Waals surface area (Å²) in [6.45, 7) is 6.23. The zero-order chi connectivity index (χ0) is 41.9. The van der Waals surface area contributed by atoms with E-state index >= 15 is 0 Å². The Morgan fingerprint density at radius 3 is 2.30 bits per heavy atom. The Bertz CT molecular complexity index is 2330. The first-order valence-electron chi connectivity index (χ1n) is 21.9. The Hall–Kier alpha value is -4.36. The van der Waals surface area contributed by atoms with Gasteiger partial charge in [0.2, 0.25) is 5.78 Å². The predicted octanol–water partition coefficient (Wildman–Crippen LogP) is 6.99. The highest BCUT2D eigenvalue weighted by molar-refractivity contribution is 6.36. The molecule has 3 fully saturated rings. The van der Waals surface area contributed by atoms with Gasteiger partial charge in [-0.25, -0.2) is 9.97 Å². The molecule has 4 aromatic rings. The number of ether oxygens (including phenoxy) is 1. The van der Waals surface area contributed by atoms with Crippen molar-refractivity contribution in [1.29, 1.82) is 0 Å². The number of nitrogens with zero attached hydrogens (tertiary/aromatic N) is 6. The molecule has 60 heavy (non-hydrogen) atoms. The molecule has 0 atom stereocenters. The maximum atomic E-state index is 13.9. The number of carbonyl (C=O) groups is 3. The quantitative estimate of drug-likeness (QED) is 0.121. The number of fused-ring (bicyclic) bond motifs is 4. The summed E-state index contributed by atoms with van der Waals surface area (Å²) >= 11 is 7.09. The SMILES string of the molecule is COC(=O)C12CCC(CCN3CCc4c(nc(C(=O)Nc5cccc(-c6cccc(CC(=O)c7nc8c(n7C)CCN(C7CCC(O)CC7)C8)c6C)c5Cl)n4C)C3)(CC1)C2. The van der Waals surface area contributed by atoms with Crippen molar-refractivity contribution in [1.82, 2.24) is 28.9 Å². The Morgan fingerprint density at radius 2 is 1.55 bits per heavy atom. The second-order valence-electron chi connectivity index (χ2n) is 18.5. The Labute approximate surface area is 357 Å². The molecule has 2 aliphatic heterocycles. The summed E-state index contributed by atoms with van der Waals surface area (Å²) in [5.74, 6) is 0.464. The van der Waals surface area contributed by atoms with Crippen LogP contribution in [0.2, 0.25) is 5.02 Å². The molecule has 0 saturated heterocycles. The van der Waals surface area contributed by atoms with Gasteiger partial charge in [-0.3, -0.25) is 24.2 Å². The minimum absolute atomic E-state index is 0.0264. The predicted molar refractivity (Wildman–Crippen MR) is 230 cm³/mol. The van der Waals surface area contributed by atoms with Crippen LogP contribution in [0.4, 0.5) is 5.69 Å². The number of esters is 1. The lowest BCUT2D eigenvalue weighted by Crippen LogP contribution is -2.42. The smallest absolute Gasteiger partial charge is 0.311 e. The molecular weight excluding hydrogens is 778 g/mol. The minimum atomic E-state index is -0.318. The van der Waals surface area contributed by atoms with Crippen LogP contribution in [-0.2, 0) is 56.0 Å². The molecule has 318 valence electrons. The van der Waals surface area contributed by atoms with E-state index in [-0.39, 0.29) is 41.0 Å². The van der Waals surface area contributed by atoms with Crippen LogP contribution in [0.15, 0.2) is 36.4 Å². The first-order valence-corrected chi connectivity index (χ1v) is 22.3. The minimum Gasteiger partial charge on any atom is -0.469 e. The van der Waals surface area contributed by atoms with Gasteiger partial charge in [0.25, 0.3) is 5.91 Å². The van der Waals surface area contributed by atoms with Gasteiger partial charge in [0, 0.05) is 82.5 Å². The maximum absolute atomic E-state index is 13.9. The average Bonchev–Trinajstić information content (AvgIpc) is 4.01. The molecule has 0 spiro atoms. The molecule has 2 bridgehead atoms. The molecule has 2 aromatic heterocycles. The number of hydrogen-bond donors (Lipinski definition) is 2. The van der Waals surface area contributed by atoms with Crippen LogP contribution >= 0.6 is 11.6 Å². The number of hydrogen-bond acceptors (Lipinski definition) is 9. The van der Waals surface area contributed by atoms with Gasteiger partial charge in [0.15, 0.2) is 11.6 Å². The van der Waals surface area contributed by atoms with Gasteiger partial charge in [-0.2, -0.15) is 0 Å². The van der Waals surface area contributed by atoms with E-state index in [1.807, 2.05) is 60.5 Å². The van der Waals surface area contributed by atoms with Gasteiger partial charge in [0.05, 0.1) is 40.7 Å². The van der Waals surface area contributed by atoms with E-state index < -0.39 is 0 Å². The van der Waals surface area contributed by atoms with E-state index in [4.69, 9.17) is 26.3 Å². The lowest BCUT2D eigenvalue weighted by molar-refractivity contribution is -0.152. The number of anilines is 1. The van der Waals surface area contributed by atoms with Crippen molar-refractivity contribution in [2.75, 3.05) is 32.1 Å². The van der Waals surface area contributed by atoms with Gasteiger partial charge in [0.1, 0.15) is 0 Å². The molecule has 3 aliphatic carbocycles. The summed E-state index contributed by atoms with van der Waals surface area (Å²) in [6.07, 6.45) is 11.4. The molecule has 0 unspecified atom stereocenters. The summed E-state index contributed by atoms with van der Waals surface area (Å²) in [6, 6.07) is 12.0. The number of benzene rings is 2. The van der Waals surface area contributed by atoms with Gasteiger partial charge < -0.3 is 24.3 Å². The number of Topliss-reactive ketones (excluding diaryl/α,β-unsaturated/α-hetero) is 1. The number of ketones is 1. The zero-order valence-electron chi connectivity index (χ0n) is 35.5. The second-order valence-corrected chi connectivity index (χ2v) is 18.9. The Kier molecular flexibility index (Phi) is 11.0. The van der Waals surface area contributed by atoms with E-state index in [9.17, 15) is 19.5 Å². The number of carbonyl (C=O) groups excluding carboxylic acids is 3. The van der Waals surface area contributed by atoms with Crippen molar-refractivity contribution in [3.05, 3.63) is 87.0 Å². The van der Waals surface area contributed by atoms with Gasteiger partial charge in [-0.1, -0.05) is 41.9 Å². The fourth-order valence-electron chi connectivity index (χ4n) is 11.5. The number of aliphatic hydroxyl groups excluding tert-OH is 1. The summed E-state index contributed by atoms with van der Waals surface area (Å²) in [5, 5.41) is 13.5. The fourth-order valence-corrected chi connectivity index (χ4v) is 11.8. The molecule has 3 saturated carbocycles. The lowest BCUT2D eigenvalue weighted by Gasteiger charge is -2.37. The van der Waals surface area contributed by atoms with Crippen molar-refractivity contribution in [3.8, 4) is 11.1 Å². The van der Waals surface area contributed by atoms with Gasteiger partial charge in [-0.15, -0.1) is 0 Å². The van der Waals surface area contributed by atoms with E-state index in [2.05, 4.69) is 15.1 Å². The first-order chi connectivity index (χ1) is 28.9. The molecule has 12 nitrogen and oxygen atoms in total. The number of halogens is 1. The molecule has 1 amide bonds. The van der Waals surface area contributed by atoms with Crippen molar-refractivity contribution in [3.63, 3.8) is 0 Å². The van der Waals surface area contributed by atoms with Crippen LogP contribution < -0.4 is 5.32 Å². The average molecular weight is 836 g/mol. The summed E-state index contributed by atoms with van der Waals surface area (Å²) in [4.78, 5) is 55.0. The van der Waals surface area contributed by atoms with Crippen molar-refractivity contribution >= 4 is 34.9 Å². The summed E-state index contributed by atoms with van der Waals surface area (Å²) in [7, 11) is 5.37. The molecule has 4 heterocycles. The highest BCUT2D eigenvalue weighted by atomic mass is 35.5. The van der Waals surface area contributed by atoms with Crippen molar-refractivity contribution in [2.45, 2.75) is 116 Å².